The van der Waals surface area contributed by atoms with E-state index in [9.17, 15) is 4.79 Å². The monoisotopic (exact) mass is 360 g/mol. The first-order chi connectivity index (χ1) is 13.2. The van der Waals surface area contributed by atoms with E-state index in [4.69, 9.17) is 5.73 Å². The maximum absolute atomic E-state index is 13.0. The molecule has 3 aromatic rings. The van der Waals surface area contributed by atoms with Gasteiger partial charge in [-0.2, -0.15) is 5.10 Å². The van der Waals surface area contributed by atoms with Gasteiger partial charge in [-0.15, -0.1) is 0 Å². The van der Waals surface area contributed by atoms with E-state index in [0.29, 0.717) is 31.5 Å². The molecule has 1 saturated heterocycles. The van der Waals surface area contributed by atoms with Crippen LogP contribution in [-0.2, 0) is 6.54 Å². The molecule has 138 valence electrons. The van der Waals surface area contributed by atoms with E-state index in [1.807, 2.05) is 64.3 Å². The first-order valence-corrected chi connectivity index (χ1v) is 9.35. The predicted molar refractivity (Wildman–Crippen MR) is 105 cm³/mol. The lowest BCUT2D eigenvalue weighted by Gasteiger charge is -2.17. The number of amides is 1. The van der Waals surface area contributed by atoms with E-state index in [2.05, 4.69) is 17.2 Å². The molecule has 5 heteroatoms. The second kappa shape index (κ2) is 7.76. The fourth-order valence-corrected chi connectivity index (χ4v) is 3.87. The first kappa shape index (κ1) is 17.5. The van der Waals surface area contributed by atoms with Crippen LogP contribution in [-0.4, -0.2) is 40.2 Å². The molecule has 2 atom stereocenters. The second-order valence-corrected chi connectivity index (χ2v) is 7.12. The van der Waals surface area contributed by atoms with Crippen LogP contribution >= 0.6 is 0 Å². The van der Waals surface area contributed by atoms with Gasteiger partial charge in [0.2, 0.25) is 0 Å². The third kappa shape index (κ3) is 3.78. The summed E-state index contributed by atoms with van der Waals surface area (Å²) in [5.74, 6) is 0.687. The quantitative estimate of drug-likeness (QED) is 0.761. The van der Waals surface area contributed by atoms with Gasteiger partial charge in [0.1, 0.15) is 0 Å². The van der Waals surface area contributed by atoms with Crippen LogP contribution < -0.4 is 5.73 Å². The molecule has 1 aliphatic rings. The largest absolute Gasteiger partial charge is 0.338 e. The number of carbonyl (C=O) groups is 1. The zero-order valence-corrected chi connectivity index (χ0v) is 15.2. The smallest absolute Gasteiger partial charge is 0.253 e. The van der Waals surface area contributed by atoms with Gasteiger partial charge >= 0.3 is 0 Å². The summed E-state index contributed by atoms with van der Waals surface area (Å²) < 4.78 is 1.87. The minimum Gasteiger partial charge on any atom is -0.338 e. The molecule has 4 rings (SSSR count). The maximum Gasteiger partial charge on any atom is 0.253 e. The van der Waals surface area contributed by atoms with E-state index < -0.39 is 0 Å². The van der Waals surface area contributed by atoms with Gasteiger partial charge in [-0.1, -0.05) is 42.5 Å². The summed E-state index contributed by atoms with van der Waals surface area (Å²) >= 11 is 0. The van der Waals surface area contributed by atoms with Gasteiger partial charge in [-0.3, -0.25) is 9.48 Å². The average Bonchev–Trinajstić information content (AvgIpc) is 3.38. The molecule has 0 saturated carbocycles. The Bertz CT molecular complexity index is 874. The number of hydrogen-bond acceptors (Lipinski definition) is 3. The lowest BCUT2D eigenvalue weighted by atomic mass is 9.89. The third-order valence-corrected chi connectivity index (χ3v) is 5.36. The van der Waals surface area contributed by atoms with E-state index in [1.54, 1.807) is 6.20 Å². The number of carbonyl (C=O) groups excluding carboxylic acids is 1. The minimum absolute atomic E-state index is 0.0810. The van der Waals surface area contributed by atoms with Crippen molar-refractivity contribution in [3.05, 3.63) is 89.7 Å². The number of nitrogens with zero attached hydrogens (tertiary/aromatic N) is 3. The summed E-state index contributed by atoms with van der Waals surface area (Å²) in [7, 11) is 0. The Morgan fingerprint density at radius 3 is 2.48 bits per heavy atom. The van der Waals surface area contributed by atoms with Crippen molar-refractivity contribution in [2.24, 2.45) is 11.7 Å². The molecule has 1 amide bonds. The molecule has 0 radical (unpaired) electrons. The lowest BCUT2D eigenvalue weighted by molar-refractivity contribution is 0.0786. The van der Waals surface area contributed by atoms with E-state index in [-0.39, 0.29) is 5.91 Å². The van der Waals surface area contributed by atoms with Gasteiger partial charge in [0, 0.05) is 37.0 Å². The SMILES string of the molecule is NC[C@@H]1CN(C(=O)c2ccc(Cn3cccn3)cc2)C[C@H]1c1ccccc1. The number of hydrogen-bond donors (Lipinski definition) is 1. The topological polar surface area (TPSA) is 64.2 Å². The molecule has 27 heavy (non-hydrogen) atoms. The summed E-state index contributed by atoms with van der Waals surface area (Å²) in [6.45, 7) is 2.73. The van der Waals surface area contributed by atoms with E-state index in [0.717, 1.165) is 17.7 Å². The van der Waals surface area contributed by atoms with Crippen molar-refractivity contribution in [3.8, 4) is 0 Å². The van der Waals surface area contributed by atoms with Crippen LogP contribution in [0.4, 0.5) is 0 Å². The molecule has 0 bridgehead atoms. The van der Waals surface area contributed by atoms with Crippen molar-refractivity contribution in [3.63, 3.8) is 0 Å². The lowest BCUT2D eigenvalue weighted by Crippen LogP contribution is -2.29. The molecule has 2 N–H and O–H groups in total. The standard InChI is InChI=1S/C22H24N4O/c23-13-20-15-25(16-21(20)18-5-2-1-3-6-18)22(27)19-9-7-17(8-10-19)14-26-12-4-11-24-26/h1-12,20-21H,13-16,23H2/t20-,21+/m1/s1. The van der Waals surface area contributed by atoms with Crippen LogP contribution in [0, 0.1) is 5.92 Å². The molecule has 5 nitrogen and oxygen atoms in total. The van der Waals surface area contributed by atoms with E-state index in [1.165, 1.54) is 5.56 Å². The van der Waals surface area contributed by atoms with Crippen molar-refractivity contribution in [2.45, 2.75) is 12.5 Å². The molecule has 2 heterocycles. The third-order valence-electron chi connectivity index (χ3n) is 5.36. The predicted octanol–water partition coefficient (Wildman–Crippen LogP) is 2.75. The van der Waals surface area contributed by atoms with Gasteiger partial charge in [-0.05, 0) is 41.8 Å². The normalized spacial score (nSPS) is 19.4. The number of nitrogens with two attached hydrogens (primary N) is 1. The molecule has 1 aliphatic heterocycles. The minimum atomic E-state index is 0.0810. The highest BCUT2D eigenvalue weighted by molar-refractivity contribution is 5.94. The molecular weight excluding hydrogens is 336 g/mol. The van der Waals surface area contributed by atoms with Crippen LogP contribution in [0.1, 0.15) is 27.4 Å². The molecule has 0 unspecified atom stereocenters. The highest BCUT2D eigenvalue weighted by Gasteiger charge is 2.35. The zero-order valence-electron chi connectivity index (χ0n) is 15.2. The Morgan fingerprint density at radius 2 is 1.81 bits per heavy atom. The highest BCUT2D eigenvalue weighted by Crippen LogP contribution is 2.32. The summed E-state index contributed by atoms with van der Waals surface area (Å²) in [5.41, 5.74) is 9.11. The summed E-state index contributed by atoms with van der Waals surface area (Å²) in [6, 6.07) is 20.1. The second-order valence-electron chi connectivity index (χ2n) is 7.12. The molecule has 2 aromatic carbocycles. The van der Waals surface area contributed by atoms with Crippen molar-refractivity contribution >= 4 is 5.91 Å². The van der Waals surface area contributed by atoms with E-state index >= 15 is 0 Å². The van der Waals surface area contributed by atoms with Crippen molar-refractivity contribution in [2.75, 3.05) is 19.6 Å². The van der Waals surface area contributed by atoms with Crippen molar-refractivity contribution < 1.29 is 4.79 Å². The number of likely N-dealkylation sites (tertiary alicyclic amines) is 1. The van der Waals surface area contributed by atoms with Gasteiger partial charge in [0.25, 0.3) is 5.91 Å². The Kier molecular flexibility index (Phi) is 5.03. The Hall–Kier alpha value is -2.92. The fraction of sp³-hybridized carbons (Fsp3) is 0.273. The molecule has 0 aliphatic carbocycles. The van der Waals surface area contributed by atoms with Gasteiger partial charge in [0.15, 0.2) is 0 Å². The highest BCUT2D eigenvalue weighted by atomic mass is 16.2. The van der Waals surface area contributed by atoms with Crippen LogP contribution in [0.5, 0.6) is 0 Å². The number of benzene rings is 2. The van der Waals surface area contributed by atoms with Gasteiger partial charge in [-0.25, -0.2) is 0 Å². The van der Waals surface area contributed by atoms with Crippen LogP contribution in [0.15, 0.2) is 73.1 Å². The summed E-state index contributed by atoms with van der Waals surface area (Å²) in [4.78, 5) is 14.9. The Labute approximate surface area is 159 Å². The summed E-state index contributed by atoms with van der Waals surface area (Å²) in [6.07, 6.45) is 3.70. The molecular formula is C22H24N4O. The maximum atomic E-state index is 13.0. The van der Waals surface area contributed by atoms with Crippen molar-refractivity contribution in [1.82, 2.24) is 14.7 Å². The fourth-order valence-electron chi connectivity index (χ4n) is 3.87. The molecule has 1 aromatic heterocycles. The zero-order chi connectivity index (χ0) is 18.6. The van der Waals surface area contributed by atoms with Crippen LogP contribution in [0.25, 0.3) is 0 Å². The van der Waals surface area contributed by atoms with Gasteiger partial charge < -0.3 is 10.6 Å². The van der Waals surface area contributed by atoms with Crippen LogP contribution in [0.2, 0.25) is 0 Å². The van der Waals surface area contributed by atoms with Crippen LogP contribution in [0.3, 0.4) is 0 Å². The first-order valence-electron chi connectivity index (χ1n) is 9.35. The number of aromatic nitrogens is 2. The van der Waals surface area contributed by atoms with Gasteiger partial charge in [0.05, 0.1) is 6.54 Å². The van der Waals surface area contributed by atoms with Crippen molar-refractivity contribution in [1.29, 1.82) is 0 Å². The molecule has 1 fully saturated rings. The Balaban J connectivity index is 1.46. The Morgan fingerprint density at radius 1 is 1.04 bits per heavy atom. The molecule has 0 spiro atoms. The number of rotatable bonds is 5. The average molecular weight is 360 g/mol. The summed E-state index contributed by atoms with van der Waals surface area (Å²) in [5, 5.41) is 4.22.